The molecule has 4 heteroatoms. The highest BCUT2D eigenvalue weighted by atomic mass is 16.2. The van der Waals surface area contributed by atoms with E-state index >= 15 is 0 Å². The lowest BCUT2D eigenvalue weighted by Crippen LogP contribution is -2.48. The van der Waals surface area contributed by atoms with Crippen molar-refractivity contribution in [1.82, 2.24) is 10.6 Å². The molecule has 0 bridgehead atoms. The molecule has 0 aromatic rings. The minimum atomic E-state index is -0.291. The molecular formula is C22H44N2O2. The van der Waals surface area contributed by atoms with Crippen molar-refractivity contribution in [3.05, 3.63) is 0 Å². The highest BCUT2D eigenvalue weighted by Crippen LogP contribution is 2.40. The first kappa shape index (κ1) is 24.9. The van der Waals surface area contributed by atoms with Crippen LogP contribution in [0.4, 0.5) is 0 Å². The van der Waals surface area contributed by atoms with E-state index in [-0.39, 0.29) is 33.6 Å². The summed E-state index contributed by atoms with van der Waals surface area (Å²) in [5, 5.41) is 6.10. The Hall–Kier alpha value is -1.06. The van der Waals surface area contributed by atoms with Crippen molar-refractivity contribution in [2.24, 2.45) is 22.2 Å². The van der Waals surface area contributed by atoms with Crippen LogP contribution in [0.3, 0.4) is 0 Å². The van der Waals surface area contributed by atoms with Crippen LogP contribution in [0.5, 0.6) is 0 Å². The van der Waals surface area contributed by atoms with Crippen LogP contribution in [0.15, 0.2) is 0 Å². The molecule has 4 nitrogen and oxygen atoms in total. The van der Waals surface area contributed by atoms with E-state index < -0.39 is 0 Å². The first-order valence-electron chi connectivity index (χ1n) is 9.93. The van der Waals surface area contributed by atoms with Crippen molar-refractivity contribution < 1.29 is 9.59 Å². The van der Waals surface area contributed by atoms with E-state index in [9.17, 15) is 9.59 Å². The number of hydrogen-bond acceptors (Lipinski definition) is 2. The van der Waals surface area contributed by atoms with E-state index in [1.165, 1.54) is 6.92 Å². The van der Waals surface area contributed by atoms with Crippen LogP contribution >= 0.6 is 0 Å². The fraction of sp³-hybridized carbons (Fsp3) is 0.909. The predicted octanol–water partition coefficient (Wildman–Crippen LogP) is 4.92. The molecule has 0 aliphatic rings. The van der Waals surface area contributed by atoms with E-state index in [4.69, 9.17) is 0 Å². The number of carbonyl (C=O) groups excluding carboxylic acids is 2. The van der Waals surface area contributed by atoms with Crippen LogP contribution in [-0.4, -0.2) is 23.9 Å². The predicted molar refractivity (Wildman–Crippen MR) is 111 cm³/mol. The quantitative estimate of drug-likeness (QED) is 0.575. The Kier molecular flexibility index (Phi) is 8.40. The standard InChI is InChI=1S/C22H44N2O2/c1-16(2)21(8,9)13-19(4,5)12-18(26)23-15-20(6,7)14-22(10,11)24-17(3)25/h16H,12-15H2,1-11H3,(H,23,26)(H,24,25). The van der Waals surface area contributed by atoms with Gasteiger partial charge in [0.15, 0.2) is 0 Å². The van der Waals surface area contributed by atoms with Gasteiger partial charge in [0.2, 0.25) is 11.8 Å². The zero-order chi connectivity index (χ0) is 21.0. The van der Waals surface area contributed by atoms with Crippen molar-refractivity contribution in [3.8, 4) is 0 Å². The van der Waals surface area contributed by atoms with Crippen molar-refractivity contribution in [2.75, 3.05) is 6.54 Å². The van der Waals surface area contributed by atoms with Crippen LogP contribution < -0.4 is 10.6 Å². The summed E-state index contributed by atoms with van der Waals surface area (Å²) in [5.74, 6) is 0.670. The van der Waals surface area contributed by atoms with Gasteiger partial charge in [-0.25, -0.2) is 0 Å². The number of rotatable bonds is 10. The van der Waals surface area contributed by atoms with Crippen LogP contribution in [-0.2, 0) is 9.59 Å². The summed E-state index contributed by atoms with van der Waals surface area (Å²) < 4.78 is 0. The van der Waals surface area contributed by atoms with E-state index in [1.54, 1.807) is 0 Å². The highest BCUT2D eigenvalue weighted by molar-refractivity contribution is 5.76. The van der Waals surface area contributed by atoms with Gasteiger partial charge in [-0.3, -0.25) is 9.59 Å². The molecule has 0 saturated heterocycles. The van der Waals surface area contributed by atoms with Crippen molar-refractivity contribution in [2.45, 2.75) is 101 Å². The minimum absolute atomic E-state index is 0.0237. The van der Waals surface area contributed by atoms with Gasteiger partial charge in [-0.05, 0) is 48.9 Å². The zero-order valence-electron chi connectivity index (χ0n) is 19.2. The molecule has 2 amide bonds. The Labute approximate surface area is 162 Å². The third-order valence-corrected chi connectivity index (χ3v) is 5.34. The van der Waals surface area contributed by atoms with Crippen molar-refractivity contribution >= 4 is 11.8 Å². The Morgan fingerprint density at radius 3 is 1.77 bits per heavy atom. The lowest BCUT2D eigenvalue weighted by molar-refractivity contribution is -0.124. The van der Waals surface area contributed by atoms with Crippen LogP contribution in [0.25, 0.3) is 0 Å². The maximum absolute atomic E-state index is 12.5. The third kappa shape index (κ3) is 10.2. The van der Waals surface area contributed by atoms with Crippen LogP contribution in [0, 0.1) is 22.2 Å². The maximum atomic E-state index is 12.5. The fourth-order valence-electron chi connectivity index (χ4n) is 4.11. The summed E-state index contributed by atoms with van der Waals surface area (Å²) in [6.07, 6.45) is 2.35. The topological polar surface area (TPSA) is 58.2 Å². The number of hydrogen-bond donors (Lipinski definition) is 2. The Balaban J connectivity index is 4.66. The van der Waals surface area contributed by atoms with Gasteiger partial charge in [0.05, 0.1) is 0 Å². The molecule has 0 radical (unpaired) electrons. The van der Waals surface area contributed by atoms with Crippen molar-refractivity contribution in [3.63, 3.8) is 0 Å². The average Bonchev–Trinajstić information content (AvgIpc) is 2.31. The first-order valence-corrected chi connectivity index (χ1v) is 9.93. The van der Waals surface area contributed by atoms with Gasteiger partial charge in [-0.1, -0.05) is 55.4 Å². The summed E-state index contributed by atoms with van der Waals surface area (Å²) in [6, 6.07) is 0. The van der Waals surface area contributed by atoms with E-state index in [0.717, 1.165) is 12.8 Å². The van der Waals surface area contributed by atoms with Crippen molar-refractivity contribution in [1.29, 1.82) is 0 Å². The zero-order valence-corrected chi connectivity index (χ0v) is 19.2. The molecule has 0 saturated carbocycles. The molecule has 0 rings (SSSR count). The monoisotopic (exact) mass is 368 g/mol. The molecule has 0 aliphatic carbocycles. The summed E-state index contributed by atoms with van der Waals surface area (Å²) >= 11 is 0. The largest absolute Gasteiger partial charge is 0.356 e. The third-order valence-electron chi connectivity index (χ3n) is 5.34. The molecule has 0 heterocycles. The summed E-state index contributed by atoms with van der Waals surface area (Å²) in [4.78, 5) is 23.9. The Bertz CT molecular complexity index is 488. The Morgan fingerprint density at radius 2 is 1.35 bits per heavy atom. The smallest absolute Gasteiger partial charge is 0.220 e. The molecule has 2 N–H and O–H groups in total. The second kappa shape index (κ2) is 8.75. The molecule has 0 atom stereocenters. The van der Waals surface area contributed by atoms with Gasteiger partial charge in [0, 0.05) is 25.4 Å². The second-order valence-corrected chi connectivity index (χ2v) is 11.3. The molecule has 0 aliphatic heterocycles. The van der Waals surface area contributed by atoms with Gasteiger partial charge in [-0.2, -0.15) is 0 Å². The number of carbonyl (C=O) groups is 2. The van der Waals surface area contributed by atoms with Gasteiger partial charge in [0.25, 0.3) is 0 Å². The fourth-order valence-corrected chi connectivity index (χ4v) is 4.11. The van der Waals surface area contributed by atoms with Gasteiger partial charge in [0.1, 0.15) is 0 Å². The van der Waals surface area contributed by atoms with Gasteiger partial charge < -0.3 is 10.6 Å². The van der Waals surface area contributed by atoms with Crippen LogP contribution in [0.2, 0.25) is 0 Å². The molecule has 0 fully saturated rings. The summed E-state index contributed by atoms with van der Waals surface area (Å²) in [5.41, 5.74) is -0.202. The summed E-state index contributed by atoms with van der Waals surface area (Å²) in [7, 11) is 0. The van der Waals surface area contributed by atoms with E-state index in [2.05, 4.69) is 66.0 Å². The lowest BCUT2D eigenvalue weighted by Gasteiger charge is -2.38. The second-order valence-electron chi connectivity index (χ2n) is 11.3. The van der Waals surface area contributed by atoms with Crippen LogP contribution in [0.1, 0.15) is 95.4 Å². The molecule has 0 aromatic heterocycles. The van der Waals surface area contributed by atoms with E-state index in [0.29, 0.717) is 18.9 Å². The summed E-state index contributed by atoms with van der Waals surface area (Å²) in [6.45, 7) is 23.9. The Morgan fingerprint density at radius 1 is 0.846 bits per heavy atom. The molecule has 0 spiro atoms. The lowest BCUT2D eigenvalue weighted by atomic mass is 9.68. The van der Waals surface area contributed by atoms with E-state index in [1.807, 2.05) is 13.8 Å². The highest BCUT2D eigenvalue weighted by Gasteiger charge is 2.34. The SMILES string of the molecule is CC(=O)NC(C)(C)CC(C)(C)CNC(=O)CC(C)(C)CC(C)(C)C(C)C. The number of amides is 2. The molecule has 0 unspecified atom stereocenters. The van der Waals surface area contributed by atoms with Gasteiger partial charge >= 0.3 is 0 Å². The van der Waals surface area contributed by atoms with Gasteiger partial charge in [-0.15, -0.1) is 0 Å². The number of nitrogens with one attached hydrogen (secondary N) is 2. The molecule has 26 heavy (non-hydrogen) atoms. The normalized spacial score (nSPS) is 13.7. The maximum Gasteiger partial charge on any atom is 0.220 e. The molecule has 0 aromatic carbocycles. The minimum Gasteiger partial charge on any atom is -0.356 e. The average molecular weight is 369 g/mol. The first-order chi connectivity index (χ1) is 11.4. The molecular weight excluding hydrogens is 324 g/mol. The molecule has 154 valence electrons.